The van der Waals surface area contributed by atoms with Crippen LogP contribution in [0.15, 0.2) is 41.8 Å². The van der Waals surface area contributed by atoms with Gasteiger partial charge in [-0.1, -0.05) is 18.2 Å². The molecule has 0 fully saturated rings. The number of hydrogen-bond acceptors (Lipinski definition) is 4. The highest BCUT2D eigenvalue weighted by molar-refractivity contribution is 7.12. The molecule has 136 valence electrons. The predicted octanol–water partition coefficient (Wildman–Crippen LogP) is 2.89. The van der Waals surface area contributed by atoms with Crippen LogP contribution in [-0.2, 0) is 17.9 Å². The van der Waals surface area contributed by atoms with Gasteiger partial charge in [0.2, 0.25) is 5.91 Å². The van der Waals surface area contributed by atoms with Crippen molar-refractivity contribution in [3.8, 4) is 0 Å². The van der Waals surface area contributed by atoms with Crippen LogP contribution in [0.25, 0.3) is 11.0 Å². The van der Waals surface area contributed by atoms with Gasteiger partial charge in [0.15, 0.2) is 0 Å². The molecule has 3 aromatic rings. The molecule has 0 aliphatic heterocycles. The summed E-state index contributed by atoms with van der Waals surface area (Å²) < 4.78 is 2.11. The number of hydrogen-bond donors (Lipinski definition) is 1. The molecule has 6 nitrogen and oxygen atoms in total. The van der Waals surface area contributed by atoms with Crippen LogP contribution in [0.4, 0.5) is 0 Å². The van der Waals surface area contributed by atoms with Gasteiger partial charge in [-0.2, -0.15) is 0 Å². The van der Waals surface area contributed by atoms with E-state index in [0.29, 0.717) is 11.4 Å². The molecule has 0 aliphatic rings. The fraction of sp³-hybridized carbons (Fsp3) is 0.316. The van der Waals surface area contributed by atoms with Crippen LogP contribution in [0.1, 0.15) is 29.3 Å². The second kappa shape index (κ2) is 7.70. The lowest BCUT2D eigenvalue weighted by atomic mass is 10.2. The normalized spacial score (nSPS) is 12.1. The largest absolute Gasteiger partial charge is 0.340 e. The summed E-state index contributed by atoms with van der Waals surface area (Å²) in [5, 5.41) is 4.59. The van der Waals surface area contributed by atoms with Gasteiger partial charge in [0.1, 0.15) is 11.9 Å². The van der Waals surface area contributed by atoms with Crippen molar-refractivity contribution in [2.75, 3.05) is 7.05 Å². The number of aryl methyl sites for hydroxylation is 1. The second-order valence-corrected chi connectivity index (χ2v) is 7.08. The average molecular weight is 370 g/mol. The molecule has 2 heterocycles. The summed E-state index contributed by atoms with van der Waals surface area (Å²) in [5.41, 5.74) is 1.98. The first-order valence-electron chi connectivity index (χ1n) is 8.54. The zero-order valence-electron chi connectivity index (χ0n) is 15.1. The molecule has 26 heavy (non-hydrogen) atoms. The molecule has 1 unspecified atom stereocenters. The van der Waals surface area contributed by atoms with Gasteiger partial charge in [0.25, 0.3) is 5.91 Å². The fourth-order valence-corrected chi connectivity index (χ4v) is 3.58. The van der Waals surface area contributed by atoms with E-state index in [2.05, 4.69) is 21.8 Å². The molecular weight excluding hydrogens is 348 g/mol. The number of thiophene rings is 1. The first-order valence-corrected chi connectivity index (χ1v) is 9.42. The molecule has 2 amide bonds. The van der Waals surface area contributed by atoms with Crippen LogP contribution < -0.4 is 5.32 Å². The van der Waals surface area contributed by atoms with Crippen molar-refractivity contribution in [1.29, 1.82) is 0 Å². The third-order valence-corrected chi connectivity index (χ3v) is 5.14. The third kappa shape index (κ3) is 3.62. The molecule has 0 bridgehead atoms. The molecule has 1 N–H and O–H groups in total. The monoisotopic (exact) mass is 370 g/mol. The Morgan fingerprint density at radius 3 is 2.73 bits per heavy atom. The van der Waals surface area contributed by atoms with Crippen molar-refractivity contribution in [3.63, 3.8) is 0 Å². The van der Waals surface area contributed by atoms with E-state index in [4.69, 9.17) is 0 Å². The minimum Gasteiger partial charge on any atom is -0.340 e. The van der Waals surface area contributed by atoms with E-state index in [-0.39, 0.29) is 11.8 Å². The maximum Gasteiger partial charge on any atom is 0.261 e. The third-order valence-electron chi connectivity index (χ3n) is 4.27. The van der Waals surface area contributed by atoms with Gasteiger partial charge in [-0.15, -0.1) is 11.3 Å². The van der Waals surface area contributed by atoms with Crippen molar-refractivity contribution >= 4 is 34.2 Å². The highest BCUT2D eigenvalue weighted by Crippen LogP contribution is 2.17. The molecule has 7 heteroatoms. The van der Waals surface area contributed by atoms with E-state index in [1.807, 2.05) is 35.7 Å². The van der Waals surface area contributed by atoms with Gasteiger partial charge in [-0.05, 0) is 37.4 Å². The summed E-state index contributed by atoms with van der Waals surface area (Å²) >= 11 is 1.35. The molecule has 0 aliphatic carbocycles. The van der Waals surface area contributed by atoms with E-state index in [0.717, 1.165) is 23.4 Å². The topological polar surface area (TPSA) is 67.2 Å². The number of carbonyl (C=O) groups is 2. The highest BCUT2D eigenvalue weighted by Gasteiger charge is 2.22. The number of likely N-dealkylation sites (N-methyl/N-ethyl adjacent to an activating group) is 1. The molecule has 3 rings (SSSR count). The van der Waals surface area contributed by atoms with Gasteiger partial charge in [0, 0.05) is 13.6 Å². The Hall–Kier alpha value is -2.67. The Morgan fingerprint density at radius 1 is 1.27 bits per heavy atom. The summed E-state index contributed by atoms with van der Waals surface area (Å²) in [6, 6.07) is 10.9. The number of fused-ring (bicyclic) bond motifs is 1. The lowest BCUT2D eigenvalue weighted by Gasteiger charge is -2.22. The van der Waals surface area contributed by atoms with Crippen LogP contribution in [0.5, 0.6) is 0 Å². The number of para-hydroxylation sites is 2. The van der Waals surface area contributed by atoms with Gasteiger partial charge < -0.3 is 14.8 Å². The number of amides is 2. The standard InChI is InChI=1S/C19H22N4O2S/c1-4-23-15-9-6-5-8-14(15)21-17(23)12-22(3)19(25)13(2)20-18(24)16-10-7-11-26-16/h5-11,13H,4,12H2,1-3H3,(H,20,24). The SMILES string of the molecule is CCn1c(CN(C)C(=O)C(C)NC(=O)c2cccs2)nc2ccccc21. The van der Waals surface area contributed by atoms with E-state index in [1.54, 1.807) is 24.9 Å². The summed E-state index contributed by atoms with van der Waals surface area (Å²) in [4.78, 5) is 31.6. The molecule has 0 saturated heterocycles. The summed E-state index contributed by atoms with van der Waals surface area (Å²) in [5.74, 6) is 0.459. The lowest BCUT2D eigenvalue weighted by Crippen LogP contribution is -2.45. The summed E-state index contributed by atoms with van der Waals surface area (Å²) in [7, 11) is 1.73. The number of nitrogens with one attached hydrogen (secondary N) is 1. The van der Waals surface area contributed by atoms with Gasteiger partial charge in [-0.25, -0.2) is 4.98 Å². The Balaban J connectivity index is 1.70. The van der Waals surface area contributed by atoms with Crippen LogP contribution in [-0.4, -0.2) is 39.4 Å². The molecule has 0 spiro atoms. The van der Waals surface area contributed by atoms with Crippen LogP contribution in [0.3, 0.4) is 0 Å². The van der Waals surface area contributed by atoms with Crippen LogP contribution in [0, 0.1) is 0 Å². The summed E-state index contributed by atoms with van der Waals surface area (Å²) in [6.45, 7) is 4.93. The van der Waals surface area contributed by atoms with E-state index >= 15 is 0 Å². The zero-order chi connectivity index (χ0) is 18.7. The number of benzene rings is 1. The molecule has 2 aromatic heterocycles. The number of carbonyl (C=O) groups excluding carboxylic acids is 2. The van der Waals surface area contributed by atoms with Crippen molar-refractivity contribution in [3.05, 3.63) is 52.5 Å². The Bertz CT molecular complexity index is 917. The van der Waals surface area contributed by atoms with Crippen LogP contribution >= 0.6 is 11.3 Å². The van der Waals surface area contributed by atoms with Crippen LogP contribution in [0.2, 0.25) is 0 Å². The number of imidazole rings is 1. The molecule has 0 radical (unpaired) electrons. The van der Waals surface area contributed by atoms with Crippen molar-refractivity contribution < 1.29 is 9.59 Å². The van der Waals surface area contributed by atoms with Crippen molar-refractivity contribution in [2.24, 2.45) is 0 Å². The summed E-state index contributed by atoms with van der Waals surface area (Å²) in [6.07, 6.45) is 0. The van der Waals surface area contributed by atoms with Gasteiger partial charge in [0.05, 0.1) is 22.5 Å². The fourth-order valence-electron chi connectivity index (χ4n) is 2.96. The predicted molar refractivity (Wildman–Crippen MR) is 103 cm³/mol. The van der Waals surface area contributed by atoms with Crippen molar-refractivity contribution in [1.82, 2.24) is 19.8 Å². The number of nitrogens with zero attached hydrogens (tertiary/aromatic N) is 3. The smallest absolute Gasteiger partial charge is 0.261 e. The van der Waals surface area contributed by atoms with Crippen molar-refractivity contribution in [2.45, 2.75) is 33.0 Å². The molecule has 1 aromatic carbocycles. The number of rotatable bonds is 6. The first-order chi connectivity index (χ1) is 12.5. The average Bonchev–Trinajstić information content (AvgIpc) is 3.28. The Kier molecular flexibility index (Phi) is 5.37. The van der Waals surface area contributed by atoms with E-state index in [1.165, 1.54) is 11.3 Å². The zero-order valence-corrected chi connectivity index (χ0v) is 15.9. The number of aromatic nitrogens is 2. The van der Waals surface area contributed by atoms with E-state index in [9.17, 15) is 9.59 Å². The Morgan fingerprint density at radius 2 is 2.04 bits per heavy atom. The maximum absolute atomic E-state index is 12.6. The minimum atomic E-state index is -0.603. The van der Waals surface area contributed by atoms with Gasteiger partial charge in [-0.3, -0.25) is 9.59 Å². The quantitative estimate of drug-likeness (QED) is 0.725. The highest BCUT2D eigenvalue weighted by atomic mass is 32.1. The molecular formula is C19H22N4O2S. The Labute approximate surface area is 156 Å². The minimum absolute atomic E-state index is 0.149. The van der Waals surface area contributed by atoms with E-state index < -0.39 is 6.04 Å². The first kappa shape index (κ1) is 18.1. The lowest BCUT2D eigenvalue weighted by molar-refractivity contribution is -0.132. The molecule has 1 atom stereocenters. The second-order valence-electron chi connectivity index (χ2n) is 6.13. The van der Waals surface area contributed by atoms with Gasteiger partial charge >= 0.3 is 0 Å². The maximum atomic E-state index is 12.6. The molecule has 0 saturated carbocycles.